The van der Waals surface area contributed by atoms with E-state index in [-0.39, 0.29) is 6.79 Å². The highest BCUT2D eigenvalue weighted by molar-refractivity contribution is 9.10. The molecular formula is C17H15BrN4O2S. The Kier molecular flexibility index (Phi) is 4.39. The molecule has 0 saturated heterocycles. The third kappa shape index (κ3) is 3.23. The van der Waals surface area contributed by atoms with Gasteiger partial charge in [0.05, 0.1) is 5.69 Å². The molecule has 128 valence electrons. The van der Waals surface area contributed by atoms with E-state index in [1.165, 1.54) is 5.56 Å². The quantitative estimate of drug-likeness (QED) is 0.595. The summed E-state index contributed by atoms with van der Waals surface area (Å²) in [6.07, 6.45) is 0. The first-order valence-electron chi connectivity index (χ1n) is 7.68. The van der Waals surface area contributed by atoms with E-state index < -0.39 is 0 Å². The van der Waals surface area contributed by atoms with Crippen molar-refractivity contribution in [1.29, 1.82) is 0 Å². The number of rotatable bonds is 4. The van der Waals surface area contributed by atoms with Crippen molar-refractivity contribution in [1.82, 2.24) is 20.2 Å². The number of aryl methyl sites for hydroxylation is 2. The number of benzene rings is 2. The van der Waals surface area contributed by atoms with E-state index in [1.807, 2.05) is 12.1 Å². The van der Waals surface area contributed by atoms with Gasteiger partial charge < -0.3 is 9.47 Å². The molecule has 25 heavy (non-hydrogen) atoms. The van der Waals surface area contributed by atoms with Crippen LogP contribution in [-0.2, 0) is 5.75 Å². The Balaban J connectivity index is 1.59. The molecule has 1 aliphatic heterocycles. The van der Waals surface area contributed by atoms with Gasteiger partial charge in [-0.05, 0) is 59.2 Å². The zero-order valence-corrected chi connectivity index (χ0v) is 16.1. The predicted molar refractivity (Wildman–Crippen MR) is 98.5 cm³/mol. The molecule has 1 aromatic heterocycles. The van der Waals surface area contributed by atoms with Gasteiger partial charge in [-0.15, -0.1) is 5.10 Å². The van der Waals surface area contributed by atoms with E-state index in [0.29, 0.717) is 5.75 Å². The molecule has 0 atom stereocenters. The van der Waals surface area contributed by atoms with Crippen molar-refractivity contribution in [2.75, 3.05) is 6.79 Å². The molecule has 4 rings (SSSR count). The van der Waals surface area contributed by atoms with Crippen molar-refractivity contribution in [3.8, 4) is 17.2 Å². The second kappa shape index (κ2) is 6.68. The van der Waals surface area contributed by atoms with Crippen LogP contribution in [0.15, 0.2) is 40.0 Å². The SMILES string of the molecule is Cc1ccc(C)c(-n2nnnc2SCc2cc3c(cc2Br)OCO3)c1. The Morgan fingerprint density at radius 1 is 1.16 bits per heavy atom. The highest BCUT2D eigenvalue weighted by atomic mass is 79.9. The first kappa shape index (κ1) is 16.4. The molecule has 2 aromatic carbocycles. The van der Waals surface area contributed by atoms with Crippen molar-refractivity contribution in [3.05, 3.63) is 51.5 Å². The molecule has 0 fully saturated rings. The van der Waals surface area contributed by atoms with Crippen LogP contribution in [0.5, 0.6) is 11.5 Å². The Morgan fingerprint density at radius 2 is 1.96 bits per heavy atom. The van der Waals surface area contributed by atoms with Crippen LogP contribution >= 0.6 is 27.7 Å². The molecule has 0 spiro atoms. The predicted octanol–water partition coefficient (Wildman–Crippen LogP) is 4.06. The minimum absolute atomic E-state index is 0.267. The van der Waals surface area contributed by atoms with Crippen LogP contribution in [0.1, 0.15) is 16.7 Å². The lowest BCUT2D eigenvalue weighted by atomic mass is 10.1. The average molecular weight is 419 g/mol. The molecular weight excluding hydrogens is 404 g/mol. The van der Waals surface area contributed by atoms with Gasteiger partial charge in [-0.25, -0.2) is 0 Å². The number of hydrogen-bond donors (Lipinski definition) is 0. The largest absolute Gasteiger partial charge is 0.454 e. The van der Waals surface area contributed by atoms with Gasteiger partial charge in [0.1, 0.15) is 0 Å². The second-order valence-electron chi connectivity index (χ2n) is 5.75. The van der Waals surface area contributed by atoms with Crippen molar-refractivity contribution in [3.63, 3.8) is 0 Å². The molecule has 3 aromatic rings. The monoisotopic (exact) mass is 418 g/mol. The summed E-state index contributed by atoms with van der Waals surface area (Å²) in [6, 6.07) is 10.2. The number of tetrazole rings is 1. The van der Waals surface area contributed by atoms with Crippen molar-refractivity contribution >= 4 is 27.7 Å². The number of fused-ring (bicyclic) bond motifs is 1. The number of hydrogen-bond acceptors (Lipinski definition) is 6. The molecule has 0 aliphatic carbocycles. The summed E-state index contributed by atoms with van der Waals surface area (Å²) < 4.78 is 13.6. The Bertz CT molecular complexity index is 944. The summed E-state index contributed by atoms with van der Waals surface area (Å²) >= 11 is 5.17. The molecule has 0 N–H and O–H groups in total. The summed E-state index contributed by atoms with van der Waals surface area (Å²) in [4.78, 5) is 0. The zero-order chi connectivity index (χ0) is 17.4. The van der Waals surface area contributed by atoms with Gasteiger partial charge >= 0.3 is 0 Å². The molecule has 0 unspecified atom stereocenters. The lowest BCUT2D eigenvalue weighted by Crippen LogP contribution is -2.02. The van der Waals surface area contributed by atoms with Crippen molar-refractivity contribution in [2.45, 2.75) is 24.8 Å². The lowest BCUT2D eigenvalue weighted by Gasteiger charge is -2.09. The number of thioether (sulfide) groups is 1. The van der Waals surface area contributed by atoms with Gasteiger partial charge in [0.15, 0.2) is 11.5 Å². The Labute approximate surface area is 157 Å². The van der Waals surface area contributed by atoms with Gasteiger partial charge in [-0.1, -0.05) is 39.8 Å². The smallest absolute Gasteiger partial charge is 0.231 e. The van der Waals surface area contributed by atoms with E-state index >= 15 is 0 Å². The highest BCUT2D eigenvalue weighted by Crippen LogP contribution is 2.38. The Morgan fingerprint density at radius 3 is 2.80 bits per heavy atom. The summed E-state index contributed by atoms with van der Waals surface area (Å²) in [6.45, 7) is 4.38. The third-order valence-electron chi connectivity index (χ3n) is 3.93. The molecule has 0 saturated carbocycles. The number of aromatic nitrogens is 4. The first-order chi connectivity index (χ1) is 12.1. The van der Waals surface area contributed by atoms with E-state index in [1.54, 1.807) is 16.4 Å². The maximum Gasteiger partial charge on any atom is 0.231 e. The minimum atomic E-state index is 0.267. The summed E-state index contributed by atoms with van der Waals surface area (Å²) in [5.41, 5.74) is 4.40. The van der Waals surface area contributed by atoms with Gasteiger partial charge in [0.25, 0.3) is 0 Å². The fraction of sp³-hybridized carbons (Fsp3) is 0.235. The van der Waals surface area contributed by atoms with Crippen LogP contribution < -0.4 is 9.47 Å². The Hall–Kier alpha value is -2.06. The van der Waals surface area contributed by atoms with Gasteiger partial charge in [0, 0.05) is 10.2 Å². The summed E-state index contributed by atoms with van der Waals surface area (Å²) in [7, 11) is 0. The molecule has 6 nitrogen and oxygen atoms in total. The fourth-order valence-electron chi connectivity index (χ4n) is 2.58. The molecule has 1 aliphatic rings. The van der Waals surface area contributed by atoms with Gasteiger partial charge in [0.2, 0.25) is 11.9 Å². The van der Waals surface area contributed by atoms with Crippen LogP contribution in [0.25, 0.3) is 5.69 Å². The van der Waals surface area contributed by atoms with Crippen LogP contribution in [0.3, 0.4) is 0 Å². The molecule has 0 bridgehead atoms. The summed E-state index contributed by atoms with van der Waals surface area (Å²) in [5.74, 6) is 2.25. The van der Waals surface area contributed by atoms with Crippen LogP contribution in [-0.4, -0.2) is 27.0 Å². The fourth-order valence-corrected chi connectivity index (χ4v) is 4.10. The van der Waals surface area contributed by atoms with Crippen molar-refractivity contribution < 1.29 is 9.47 Å². The van der Waals surface area contributed by atoms with Crippen LogP contribution in [0.4, 0.5) is 0 Å². The van der Waals surface area contributed by atoms with Gasteiger partial charge in [-0.2, -0.15) is 4.68 Å². The number of halogens is 1. The standard InChI is InChI=1S/C17H15BrN4O2S/c1-10-3-4-11(2)14(5-10)22-17(19-20-21-22)25-8-12-6-15-16(7-13(12)18)24-9-23-15/h3-7H,8-9H2,1-2H3. The van der Waals surface area contributed by atoms with E-state index in [0.717, 1.165) is 37.9 Å². The maximum absolute atomic E-state index is 5.46. The number of ether oxygens (including phenoxy) is 2. The normalized spacial score (nSPS) is 12.6. The second-order valence-corrected chi connectivity index (χ2v) is 7.55. The van der Waals surface area contributed by atoms with Crippen LogP contribution in [0.2, 0.25) is 0 Å². The minimum Gasteiger partial charge on any atom is -0.454 e. The molecule has 8 heteroatoms. The molecule has 2 heterocycles. The third-order valence-corrected chi connectivity index (χ3v) is 5.64. The zero-order valence-electron chi connectivity index (χ0n) is 13.7. The van der Waals surface area contributed by atoms with E-state index in [4.69, 9.17) is 9.47 Å². The van der Waals surface area contributed by atoms with E-state index in [2.05, 4.69) is 63.5 Å². The number of nitrogens with zero attached hydrogens (tertiary/aromatic N) is 4. The van der Waals surface area contributed by atoms with Gasteiger partial charge in [-0.3, -0.25) is 0 Å². The topological polar surface area (TPSA) is 62.1 Å². The van der Waals surface area contributed by atoms with Crippen molar-refractivity contribution in [2.24, 2.45) is 0 Å². The molecule has 0 radical (unpaired) electrons. The van der Waals surface area contributed by atoms with E-state index in [9.17, 15) is 0 Å². The summed E-state index contributed by atoms with van der Waals surface area (Å²) in [5, 5.41) is 12.9. The first-order valence-corrected chi connectivity index (χ1v) is 9.46. The average Bonchev–Trinajstić information content (AvgIpc) is 3.23. The molecule has 0 amide bonds. The maximum atomic E-state index is 5.46. The lowest BCUT2D eigenvalue weighted by molar-refractivity contribution is 0.174. The highest BCUT2D eigenvalue weighted by Gasteiger charge is 2.18. The van der Waals surface area contributed by atoms with Crippen LogP contribution in [0, 0.1) is 13.8 Å².